The molecule has 28 heavy (non-hydrogen) atoms. The molecule has 0 bridgehead atoms. The molecule has 0 spiro atoms. The van der Waals surface area contributed by atoms with Crippen LogP contribution >= 0.6 is 0 Å². The number of nitrogens with one attached hydrogen (secondary N) is 1. The average Bonchev–Trinajstić information content (AvgIpc) is 2.65. The normalized spacial score (nSPS) is 11.1. The van der Waals surface area contributed by atoms with Crippen LogP contribution in [0.4, 0.5) is 5.69 Å². The van der Waals surface area contributed by atoms with E-state index in [0.29, 0.717) is 18.8 Å². The minimum Gasteiger partial charge on any atom is -0.494 e. The topological polar surface area (TPSA) is 75.7 Å². The van der Waals surface area contributed by atoms with E-state index in [1.807, 2.05) is 50.2 Å². The Morgan fingerprint density at radius 2 is 1.79 bits per heavy atom. The third kappa shape index (κ3) is 6.56. The first-order valence-corrected chi connectivity index (χ1v) is 11.2. The van der Waals surface area contributed by atoms with Gasteiger partial charge in [-0.15, -0.1) is 0 Å². The van der Waals surface area contributed by atoms with Gasteiger partial charge in [0, 0.05) is 6.54 Å². The second kappa shape index (κ2) is 10.1. The zero-order valence-corrected chi connectivity index (χ0v) is 17.5. The van der Waals surface area contributed by atoms with Crippen molar-refractivity contribution in [2.24, 2.45) is 0 Å². The Morgan fingerprint density at radius 1 is 1.11 bits per heavy atom. The smallest absolute Gasteiger partial charge is 0.240 e. The van der Waals surface area contributed by atoms with Crippen molar-refractivity contribution in [3.63, 3.8) is 0 Å². The van der Waals surface area contributed by atoms with Gasteiger partial charge in [-0.3, -0.25) is 9.10 Å². The number of carbonyl (C=O) groups is 1. The Hall–Kier alpha value is -2.54. The van der Waals surface area contributed by atoms with Crippen LogP contribution in [0.1, 0.15) is 24.5 Å². The Labute approximate surface area is 167 Å². The number of amides is 1. The number of aryl methyl sites for hydroxylation is 2. The lowest BCUT2D eigenvalue weighted by Gasteiger charge is -2.23. The Morgan fingerprint density at radius 3 is 2.39 bits per heavy atom. The predicted molar refractivity (Wildman–Crippen MR) is 112 cm³/mol. The molecule has 6 nitrogen and oxygen atoms in total. The first kappa shape index (κ1) is 21.8. The molecule has 0 saturated carbocycles. The molecule has 1 amide bonds. The fraction of sp³-hybridized carbons (Fsp3) is 0.381. The minimum atomic E-state index is -3.56. The van der Waals surface area contributed by atoms with E-state index in [-0.39, 0.29) is 12.5 Å². The molecule has 0 fully saturated rings. The summed E-state index contributed by atoms with van der Waals surface area (Å²) in [6.07, 6.45) is 2.70. The fourth-order valence-corrected chi connectivity index (χ4v) is 3.76. The van der Waals surface area contributed by atoms with Crippen molar-refractivity contribution >= 4 is 21.6 Å². The highest BCUT2D eigenvalue weighted by Crippen LogP contribution is 2.21. The van der Waals surface area contributed by atoms with E-state index in [1.54, 1.807) is 12.1 Å². The highest BCUT2D eigenvalue weighted by atomic mass is 32.2. The summed E-state index contributed by atoms with van der Waals surface area (Å²) in [6.45, 7) is 4.66. The molecule has 0 saturated heterocycles. The second-order valence-corrected chi connectivity index (χ2v) is 8.49. The molecule has 0 atom stereocenters. The molecular formula is C21H28N2O4S. The summed E-state index contributed by atoms with van der Waals surface area (Å²) in [4.78, 5) is 12.3. The Balaban J connectivity index is 1.85. The minimum absolute atomic E-state index is 0.229. The van der Waals surface area contributed by atoms with Gasteiger partial charge in [0.15, 0.2) is 0 Å². The summed E-state index contributed by atoms with van der Waals surface area (Å²) in [5, 5.41) is 2.81. The van der Waals surface area contributed by atoms with Crippen LogP contribution in [0.15, 0.2) is 48.5 Å². The number of para-hydroxylation sites is 1. The summed E-state index contributed by atoms with van der Waals surface area (Å²) < 4.78 is 30.8. The lowest BCUT2D eigenvalue weighted by Crippen LogP contribution is -2.41. The molecule has 0 heterocycles. The molecule has 0 aliphatic carbocycles. The zero-order chi connectivity index (χ0) is 20.6. The number of hydrogen-bond acceptors (Lipinski definition) is 4. The summed E-state index contributed by atoms with van der Waals surface area (Å²) in [5.74, 6) is 0.525. The monoisotopic (exact) mass is 404 g/mol. The Bertz CT molecular complexity index is 880. The van der Waals surface area contributed by atoms with Crippen molar-refractivity contribution in [1.82, 2.24) is 5.32 Å². The SMILES string of the molecule is CCOc1ccc(CCCNC(=O)CN(c2ccccc2C)S(C)(=O)=O)cc1. The van der Waals surface area contributed by atoms with E-state index in [2.05, 4.69) is 5.32 Å². The first-order chi connectivity index (χ1) is 13.3. The van der Waals surface area contributed by atoms with Crippen molar-refractivity contribution in [1.29, 1.82) is 0 Å². The number of nitrogens with zero attached hydrogens (tertiary/aromatic N) is 1. The lowest BCUT2D eigenvalue weighted by molar-refractivity contribution is -0.119. The number of hydrogen-bond donors (Lipinski definition) is 1. The van der Waals surface area contributed by atoms with Crippen LogP contribution in [0.5, 0.6) is 5.75 Å². The lowest BCUT2D eigenvalue weighted by atomic mass is 10.1. The van der Waals surface area contributed by atoms with E-state index in [0.717, 1.165) is 40.3 Å². The average molecular weight is 405 g/mol. The van der Waals surface area contributed by atoms with Crippen LogP contribution in [0, 0.1) is 6.92 Å². The number of ether oxygens (including phenoxy) is 1. The van der Waals surface area contributed by atoms with Crippen LogP contribution in [0.3, 0.4) is 0 Å². The van der Waals surface area contributed by atoms with Crippen LogP contribution in [-0.2, 0) is 21.2 Å². The molecule has 0 aromatic heterocycles. The molecular weight excluding hydrogens is 376 g/mol. The predicted octanol–water partition coefficient (Wildman–Crippen LogP) is 2.91. The van der Waals surface area contributed by atoms with Gasteiger partial charge in [-0.05, 0) is 56.0 Å². The number of rotatable bonds is 10. The van der Waals surface area contributed by atoms with Gasteiger partial charge in [-0.2, -0.15) is 0 Å². The molecule has 1 N–H and O–H groups in total. The van der Waals surface area contributed by atoms with Gasteiger partial charge >= 0.3 is 0 Å². The third-order valence-corrected chi connectivity index (χ3v) is 5.40. The zero-order valence-electron chi connectivity index (χ0n) is 16.6. The van der Waals surface area contributed by atoms with Crippen molar-refractivity contribution in [3.8, 4) is 5.75 Å². The largest absolute Gasteiger partial charge is 0.494 e. The van der Waals surface area contributed by atoms with Crippen molar-refractivity contribution in [2.75, 3.05) is 30.3 Å². The number of benzene rings is 2. The van der Waals surface area contributed by atoms with Crippen molar-refractivity contribution in [3.05, 3.63) is 59.7 Å². The summed E-state index contributed by atoms with van der Waals surface area (Å²) in [7, 11) is -3.56. The van der Waals surface area contributed by atoms with Gasteiger partial charge in [0.2, 0.25) is 15.9 Å². The Kier molecular flexibility index (Phi) is 7.87. The van der Waals surface area contributed by atoms with E-state index in [1.165, 1.54) is 0 Å². The molecule has 2 aromatic rings. The third-order valence-electron chi connectivity index (χ3n) is 4.27. The van der Waals surface area contributed by atoms with Crippen molar-refractivity contribution < 1.29 is 17.9 Å². The molecule has 2 aromatic carbocycles. The summed E-state index contributed by atoms with van der Waals surface area (Å²) >= 11 is 0. The van der Waals surface area contributed by atoms with Crippen molar-refractivity contribution in [2.45, 2.75) is 26.7 Å². The maximum absolute atomic E-state index is 12.3. The maximum atomic E-state index is 12.3. The number of anilines is 1. The molecule has 152 valence electrons. The molecule has 2 rings (SSSR count). The summed E-state index contributed by atoms with van der Waals surface area (Å²) in [6, 6.07) is 15.0. The molecule has 7 heteroatoms. The van der Waals surface area contributed by atoms with Gasteiger partial charge in [0.1, 0.15) is 12.3 Å². The molecule has 0 radical (unpaired) electrons. The molecule has 0 aliphatic heterocycles. The quantitative estimate of drug-likeness (QED) is 0.618. The van der Waals surface area contributed by atoms with Gasteiger partial charge in [-0.25, -0.2) is 8.42 Å². The van der Waals surface area contributed by atoms with E-state index in [4.69, 9.17) is 4.74 Å². The summed E-state index contributed by atoms with van der Waals surface area (Å²) in [5.41, 5.74) is 2.49. The second-order valence-electron chi connectivity index (χ2n) is 6.59. The number of carbonyl (C=O) groups excluding carboxylic acids is 1. The van der Waals surface area contributed by atoms with Gasteiger partial charge in [0.25, 0.3) is 0 Å². The van der Waals surface area contributed by atoms with Gasteiger partial charge in [0.05, 0.1) is 18.6 Å². The fourth-order valence-electron chi connectivity index (χ4n) is 2.85. The van der Waals surface area contributed by atoms with Crippen LogP contribution < -0.4 is 14.4 Å². The van der Waals surface area contributed by atoms with E-state index >= 15 is 0 Å². The van der Waals surface area contributed by atoms with Crippen LogP contribution in [0.2, 0.25) is 0 Å². The van der Waals surface area contributed by atoms with Crippen LogP contribution in [-0.4, -0.2) is 40.3 Å². The van der Waals surface area contributed by atoms with E-state index in [9.17, 15) is 13.2 Å². The van der Waals surface area contributed by atoms with Crippen LogP contribution in [0.25, 0.3) is 0 Å². The molecule has 0 unspecified atom stereocenters. The van der Waals surface area contributed by atoms with E-state index < -0.39 is 10.0 Å². The highest BCUT2D eigenvalue weighted by molar-refractivity contribution is 7.92. The molecule has 0 aliphatic rings. The van der Waals surface area contributed by atoms with Gasteiger partial charge < -0.3 is 10.1 Å². The first-order valence-electron chi connectivity index (χ1n) is 9.33. The standard InChI is InChI=1S/C21H28N2O4S/c1-4-27-19-13-11-18(12-14-19)9-7-15-22-21(24)16-23(28(3,25)26)20-10-6-5-8-17(20)2/h5-6,8,10-14H,4,7,9,15-16H2,1-3H3,(H,22,24). The number of sulfonamides is 1. The van der Waals surface area contributed by atoms with Gasteiger partial charge in [-0.1, -0.05) is 30.3 Å². The maximum Gasteiger partial charge on any atom is 0.240 e. The highest BCUT2D eigenvalue weighted by Gasteiger charge is 2.21.